The van der Waals surface area contributed by atoms with E-state index in [-0.39, 0.29) is 0 Å². The molecular weight excluding hydrogens is 276 g/mol. The van der Waals surface area contributed by atoms with E-state index >= 15 is 0 Å². The van der Waals surface area contributed by atoms with Crippen LogP contribution in [0.25, 0.3) is 22.0 Å². The van der Waals surface area contributed by atoms with Crippen LogP contribution in [0.5, 0.6) is 0 Å². The molecule has 1 aliphatic heterocycles. The van der Waals surface area contributed by atoms with E-state index < -0.39 is 0 Å². The summed E-state index contributed by atoms with van der Waals surface area (Å²) in [6.45, 7) is 3.13. The molecule has 0 bridgehead atoms. The van der Waals surface area contributed by atoms with Gasteiger partial charge in [-0.15, -0.1) is 12.6 Å². The lowest BCUT2D eigenvalue weighted by atomic mass is 10.0. The van der Waals surface area contributed by atoms with Crippen LogP contribution in [0.15, 0.2) is 53.4 Å². The van der Waals surface area contributed by atoms with E-state index in [2.05, 4.69) is 65.0 Å². The third kappa shape index (κ3) is 2.17. The number of hydrogen-bond acceptors (Lipinski definition) is 2. The Balaban J connectivity index is 2.02. The molecule has 0 fully saturated rings. The van der Waals surface area contributed by atoms with Gasteiger partial charge in [-0.3, -0.25) is 0 Å². The Morgan fingerprint density at radius 2 is 1.81 bits per heavy atom. The maximum atomic E-state index is 4.64. The molecular formula is C18H18N2S. The third-order valence-electron chi connectivity index (χ3n) is 4.27. The molecule has 0 amide bonds. The van der Waals surface area contributed by atoms with Gasteiger partial charge >= 0.3 is 0 Å². The second-order valence-electron chi connectivity index (χ2n) is 5.55. The zero-order valence-electron chi connectivity index (χ0n) is 11.8. The highest BCUT2D eigenvalue weighted by molar-refractivity contribution is 7.80. The Hall–Kier alpha value is -1.71. The van der Waals surface area contributed by atoms with Crippen molar-refractivity contribution in [1.82, 2.24) is 9.88 Å². The standard InChI is InChI=1S/C18H18N2S/c21-17-7-2-1-5-15(17)16-6-3-4-13-12-14-8-9-19-10-11-20(14)18(13)16/h1-7,12,19,21H,8-11H2. The van der Waals surface area contributed by atoms with E-state index in [4.69, 9.17) is 0 Å². The highest BCUT2D eigenvalue weighted by Crippen LogP contribution is 2.34. The lowest BCUT2D eigenvalue weighted by molar-refractivity contribution is 0.658. The molecule has 0 unspecified atom stereocenters. The second-order valence-corrected chi connectivity index (χ2v) is 6.03. The van der Waals surface area contributed by atoms with Crippen LogP contribution in [0.1, 0.15) is 5.69 Å². The van der Waals surface area contributed by atoms with Gasteiger partial charge in [0.15, 0.2) is 0 Å². The summed E-state index contributed by atoms with van der Waals surface area (Å²) in [6, 6.07) is 17.3. The van der Waals surface area contributed by atoms with Gasteiger partial charge in [-0.1, -0.05) is 36.4 Å². The van der Waals surface area contributed by atoms with Crippen molar-refractivity contribution in [1.29, 1.82) is 0 Å². The van der Waals surface area contributed by atoms with E-state index in [9.17, 15) is 0 Å². The highest BCUT2D eigenvalue weighted by Gasteiger charge is 2.15. The van der Waals surface area contributed by atoms with E-state index in [0.717, 1.165) is 31.0 Å². The Kier molecular flexibility index (Phi) is 3.24. The fourth-order valence-corrected chi connectivity index (χ4v) is 3.57. The van der Waals surface area contributed by atoms with Crippen molar-refractivity contribution in [2.24, 2.45) is 0 Å². The Morgan fingerprint density at radius 1 is 0.952 bits per heavy atom. The molecule has 0 atom stereocenters. The zero-order chi connectivity index (χ0) is 14.2. The summed E-state index contributed by atoms with van der Waals surface area (Å²) in [7, 11) is 0. The minimum Gasteiger partial charge on any atom is -0.343 e. The highest BCUT2D eigenvalue weighted by atomic mass is 32.1. The smallest absolute Gasteiger partial charge is 0.0563 e. The predicted octanol–water partition coefficient (Wildman–Crippen LogP) is 3.74. The van der Waals surface area contributed by atoms with Crippen LogP contribution in [0.2, 0.25) is 0 Å². The summed E-state index contributed by atoms with van der Waals surface area (Å²) in [6.07, 6.45) is 1.09. The molecule has 1 N–H and O–H groups in total. The van der Waals surface area contributed by atoms with Gasteiger partial charge in [-0.2, -0.15) is 0 Å². The Morgan fingerprint density at radius 3 is 2.71 bits per heavy atom. The van der Waals surface area contributed by atoms with Crippen molar-refractivity contribution in [2.75, 3.05) is 13.1 Å². The number of aromatic nitrogens is 1. The average molecular weight is 294 g/mol. The number of hydrogen-bond donors (Lipinski definition) is 2. The van der Waals surface area contributed by atoms with E-state index in [1.165, 1.54) is 27.7 Å². The molecule has 0 saturated carbocycles. The first kappa shape index (κ1) is 13.0. The fourth-order valence-electron chi connectivity index (χ4n) is 3.29. The summed E-state index contributed by atoms with van der Waals surface area (Å²) in [5.74, 6) is 0. The molecule has 2 nitrogen and oxygen atoms in total. The van der Waals surface area contributed by atoms with Crippen molar-refractivity contribution in [3.05, 3.63) is 54.2 Å². The Bertz CT molecular complexity index is 804. The van der Waals surface area contributed by atoms with Crippen molar-refractivity contribution in [3.63, 3.8) is 0 Å². The van der Waals surface area contributed by atoms with Crippen LogP contribution in [-0.2, 0) is 13.0 Å². The van der Waals surface area contributed by atoms with E-state index in [0.29, 0.717) is 0 Å². The maximum absolute atomic E-state index is 4.64. The van der Waals surface area contributed by atoms with Gasteiger partial charge in [0.25, 0.3) is 0 Å². The minimum absolute atomic E-state index is 1.03. The predicted molar refractivity (Wildman–Crippen MR) is 91.2 cm³/mol. The van der Waals surface area contributed by atoms with Gasteiger partial charge in [0, 0.05) is 47.6 Å². The molecule has 3 aromatic rings. The summed E-state index contributed by atoms with van der Waals surface area (Å²) in [4.78, 5) is 1.03. The number of fused-ring (bicyclic) bond motifs is 3. The SMILES string of the molecule is Sc1ccccc1-c1cccc2cc3n(c12)CCNCC3. The van der Waals surface area contributed by atoms with Crippen LogP contribution < -0.4 is 5.32 Å². The molecule has 2 heterocycles. The van der Waals surface area contributed by atoms with Crippen LogP contribution in [0.3, 0.4) is 0 Å². The zero-order valence-corrected chi connectivity index (χ0v) is 12.7. The van der Waals surface area contributed by atoms with Crippen LogP contribution >= 0.6 is 12.6 Å². The van der Waals surface area contributed by atoms with Crippen LogP contribution in [0.4, 0.5) is 0 Å². The number of thiol groups is 1. The number of para-hydroxylation sites is 1. The number of nitrogens with one attached hydrogen (secondary N) is 1. The topological polar surface area (TPSA) is 17.0 Å². The lowest BCUT2D eigenvalue weighted by Crippen LogP contribution is -2.17. The van der Waals surface area contributed by atoms with Crippen LogP contribution in [0, 0.1) is 0 Å². The second kappa shape index (κ2) is 5.24. The normalized spacial score (nSPS) is 14.9. The molecule has 21 heavy (non-hydrogen) atoms. The average Bonchev–Trinajstić information content (AvgIpc) is 2.70. The number of nitrogens with zero attached hydrogens (tertiary/aromatic N) is 1. The number of benzene rings is 2. The molecule has 4 rings (SSSR count). The third-order valence-corrected chi connectivity index (χ3v) is 4.66. The monoisotopic (exact) mass is 294 g/mol. The van der Waals surface area contributed by atoms with Crippen molar-refractivity contribution < 1.29 is 0 Å². The first-order chi connectivity index (χ1) is 10.3. The summed E-state index contributed by atoms with van der Waals surface area (Å²) < 4.78 is 2.48. The van der Waals surface area contributed by atoms with Gasteiger partial charge in [0.2, 0.25) is 0 Å². The molecule has 0 radical (unpaired) electrons. The van der Waals surface area contributed by atoms with E-state index in [1.807, 2.05) is 6.07 Å². The first-order valence-corrected chi connectivity index (χ1v) is 7.89. The van der Waals surface area contributed by atoms with Gasteiger partial charge < -0.3 is 9.88 Å². The first-order valence-electron chi connectivity index (χ1n) is 7.45. The molecule has 1 aromatic heterocycles. The maximum Gasteiger partial charge on any atom is 0.0563 e. The molecule has 0 spiro atoms. The van der Waals surface area contributed by atoms with Gasteiger partial charge in [0.1, 0.15) is 0 Å². The summed E-state index contributed by atoms with van der Waals surface area (Å²) >= 11 is 4.64. The molecule has 0 saturated heterocycles. The lowest BCUT2D eigenvalue weighted by Gasteiger charge is -2.12. The number of rotatable bonds is 1. The Labute approximate surface area is 130 Å². The van der Waals surface area contributed by atoms with Crippen molar-refractivity contribution in [2.45, 2.75) is 17.9 Å². The largest absolute Gasteiger partial charge is 0.343 e. The summed E-state index contributed by atoms with van der Waals surface area (Å²) in [5, 5.41) is 4.81. The van der Waals surface area contributed by atoms with Gasteiger partial charge in [-0.25, -0.2) is 0 Å². The fraction of sp³-hybridized carbons (Fsp3) is 0.222. The van der Waals surface area contributed by atoms with Gasteiger partial charge in [-0.05, 0) is 17.7 Å². The minimum atomic E-state index is 1.03. The molecule has 0 aliphatic carbocycles. The molecule has 106 valence electrons. The molecule has 3 heteroatoms. The summed E-state index contributed by atoms with van der Waals surface area (Å²) in [5.41, 5.74) is 5.27. The van der Waals surface area contributed by atoms with Crippen molar-refractivity contribution >= 4 is 23.5 Å². The van der Waals surface area contributed by atoms with Crippen LogP contribution in [-0.4, -0.2) is 17.7 Å². The molecule has 2 aromatic carbocycles. The quantitative estimate of drug-likeness (QED) is 0.654. The van der Waals surface area contributed by atoms with Crippen molar-refractivity contribution in [3.8, 4) is 11.1 Å². The van der Waals surface area contributed by atoms with E-state index in [1.54, 1.807) is 0 Å². The molecule has 1 aliphatic rings. The van der Waals surface area contributed by atoms with Gasteiger partial charge in [0.05, 0.1) is 5.52 Å².